The topological polar surface area (TPSA) is 35.9 Å². The first-order chi connectivity index (χ1) is 39.5. The number of pyridine rings is 1. The molecule has 0 spiro atoms. The molecule has 1 aliphatic rings. The van der Waals surface area contributed by atoms with E-state index in [2.05, 4.69) is 49.9 Å². The SMILES string of the molecule is [2H]c1c([2H])c([2H])c(-c2cc(C(C)(C)C)cc3c2-[n+]2[c-]n(-c4cccc(Oc5ccc6c7ccccc7n(-c7cc(C(C)(C)C)ccn7)c6c5)c4)c4cc(C(C)(C)C)cc(c42)-c2c([2H])c([2H])c([2H])c([2H])c2-c2c([2H])c([2H])c([2H])c([2H])c2-3)c([2H])c1[2H]. The molecule has 0 N–H and O–H groups in total. The Morgan fingerprint density at radius 3 is 1.79 bits per heavy atom. The first kappa shape index (κ1) is 32.0. The zero-order chi connectivity index (χ0) is 60.3. The molecular weight excluding hydrogens is 865 g/mol. The summed E-state index contributed by atoms with van der Waals surface area (Å²) in [4.78, 5) is 4.86. The van der Waals surface area contributed by atoms with Gasteiger partial charge in [-0.1, -0.05) is 183 Å². The molecule has 0 bridgehead atoms. The minimum atomic E-state index is -0.743. The molecule has 0 saturated heterocycles. The van der Waals surface area contributed by atoms with E-state index < -0.39 is 89.4 Å². The highest BCUT2D eigenvalue weighted by Gasteiger charge is 2.30. The summed E-state index contributed by atoms with van der Waals surface area (Å²) >= 11 is 0. The average molecular weight is 936 g/mol. The molecule has 348 valence electrons. The molecule has 1 aliphatic heterocycles. The van der Waals surface area contributed by atoms with Crippen LogP contribution in [0.1, 0.15) is 96.8 Å². The third kappa shape index (κ3) is 7.54. The molecule has 3 aromatic heterocycles. The number of nitrogens with zero attached hydrogens (tertiary/aromatic N) is 4. The van der Waals surface area contributed by atoms with Crippen molar-refractivity contribution in [2.75, 3.05) is 0 Å². The largest absolute Gasteiger partial charge is 0.458 e. The number of aromatic nitrogens is 4. The molecule has 4 heterocycles. The van der Waals surface area contributed by atoms with E-state index in [0.717, 1.165) is 38.8 Å². The van der Waals surface area contributed by atoms with Crippen molar-refractivity contribution in [3.05, 3.63) is 211 Å². The monoisotopic (exact) mass is 936 g/mol. The molecule has 0 amide bonds. The van der Waals surface area contributed by atoms with Crippen molar-refractivity contribution in [1.29, 1.82) is 0 Å². The van der Waals surface area contributed by atoms with E-state index >= 15 is 0 Å². The minimum absolute atomic E-state index is 0.0401. The van der Waals surface area contributed by atoms with Crippen molar-refractivity contribution in [3.8, 4) is 73.2 Å². The van der Waals surface area contributed by atoms with Crippen LogP contribution in [0.2, 0.25) is 0 Å². The van der Waals surface area contributed by atoms with E-state index in [1.807, 2.05) is 121 Å². The van der Waals surface area contributed by atoms with Gasteiger partial charge in [0.25, 0.3) is 6.33 Å². The van der Waals surface area contributed by atoms with Crippen LogP contribution in [-0.4, -0.2) is 14.1 Å². The highest BCUT2D eigenvalue weighted by atomic mass is 16.5. The summed E-state index contributed by atoms with van der Waals surface area (Å²) in [5.41, 5.74) is 3.97. The molecule has 71 heavy (non-hydrogen) atoms. The van der Waals surface area contributed by atoms with Crippen LogP contribution in [0.3, 0.4) is 0 Å². The van der Waals surface area contributed by atoms with Gasteiger partial charge >= 0.3 is 0 Å². The fourth-order valence-corrected chi connectivity index (χ4v) is 9.78. The summed E-state index contributed by atoms with van der Waals surface area (Å²) in [6.07, 6.45) is 5.45. The maximum absolute atomic E-state index is 9.88. The van der Waals surface area contributed by atoms with Gasteiger partial charge in [-0.05, 0) is 132 Å². The van der Waals surface area contributed by atoms with Gasteiger partial charge in [0, 0.05) is 23.0 Å². The van der Waals surface area contributed by atoms with Crippen molar-refractivity contribution in [3.63, 3.8) is 0 Å². The Bertz CT molecular complexity index is 4660. The summed E-state index contributed by atoms with van der Waals surface area (Å²) in [5.74, 6) is 1.74. The standard InChI is InChI=1S/C66H58N4O/c1-64(2,3)43-32-33-67-61(38-43)70-58-29-18-17-28-53(58)54-31-30-48(40-59(54)70)71-47-23-19-22-46(39-47)68-41-69-62-55(42-20-11-10-12-21-42)34-44(65(4,5)6)35-56(62)51-26-15-13-24-49(51)50-25-14-16-27-52(50)57-36-45(66(7,8)9)37-60(68)63(57)69/h10-40H,1-9H3/i10D,11D,12D,13D,14D,15D,16D,20D,21D,24D,25D,26D,27D. The number of benzene rings is 8. The number of hydrogen-bond acceptors (Lipinski definition) is 2. The normalized spacial score (nSPS) is 15.1. The van der Waals surface area contributed by atoms with E-state index in [0.29, 0.717) is 33.8 Å². The smallest absolute Gasteiger partial charge is 0.269 e. The molecule has 0 saturated carbocycles. The van der Waals surface area contributed by atoms with Gasteiger partial charge in [-0.2, -0.15) is 0 Å². The van der Waals surface area contributed by atoms with Crippen molar-refractivity contribution in [1.82, 2.24) is 14.1 Å². The number of hydrogen-bond donors (Lipinski definition) is 0. The Labute approximate surface area is 435 Å². The second kappa shape index (κ2) is 16.3. The lowest BCUT2D eigenvalue weighted by molar-refractivity contribution is -0.570. The van der Waals surface area contributed by atoms with Gasteiger partial charge in [0.15, 0.2) is 0 Å². The number of rotatable bonds is 5. The summed E-state index contributed by atoms with van der Waals surface area (Å²) < 4.78 is 134. The fourth-order valence-electron chi connectivity index (χ4n) is 9.78. The van der Waals surface area contributed by atoms with Crippen molar-refractivity contribution >= 4 is 32.8 Å². The summed E-state index contributed by atoms with van der Waals surface area (Å²) in [5, 5.41) is 2.06. The zero-order valence-electron chi connectivity index (χ0n) is 54.1. The molecule has 11 aromatic rings. The van der Waals surface area contributed by atoms with Gasteiger partial charge in [-0.25, -0.2) is 4.98 Å². The average Bonchev–Trinajstić information content (AvgIpc) is 1.97. The van der Waals surface area contributed by atoms with Crippen molar-refractivity contribution < 1.29 is 27.1 Å². The molecule has 0 unspecified atom stereocenters. The summed E-state index contributed by atoms with van der Waals surface area (Å²) in [7, 11) is 0. The predicted octanol–water partition coefficient (Wildman–Crippen LogP) is 16.9. The third-order valence-electron chi connectivity index (χ3n) is 13.6. The lowest BCUT2D eigenvalue weighted by Gasteiger charge is -2.26. The van der Waals surface area contributed by atoms with E-state index in [1.54, 1.807) is 21.3 Å². The molecule has 8 aromatic carbocycles. The van der Waals surface area contributed by atoms with Crippen LogP contribution in [0.5, 0.6) is 11.5 Å². The Morgan fingerprint density at radius 1 is 0.493 bits per heavy atom. The molecule has 0 aliphatic carbocycles. The third-order valence-corrected chi connectivity index (χ3v) is 13.6. The van der Waals surface area contributed by atoms with Gasteiger partial charge in [-0.3, -0.25) is 13.7 Å². The lowest BCUT2D eigenvalue weighted by atomic mass is 9.81. The van der Waals surface area contributed by atoms with Crippen LogP contribution in [0.15, 0.2) is 188 Å². The summed E-state index contributed by atoms with van der Waals surface area (Å²) in [6, 6.07) is 25.6. The van der Waals surface area contributed by atoms with Crippen molar-refractivity contribution in [2.24, 2.45) is 0 Å². The second-order valence-corrected chi connectivity index (χ2v) is 21.4. The Morgan fingerprint density at radius 2 is 1.08 bits per heavy atom. The Kier molecular flexibility index (Phi) is 7.33. The zero-order valence-corrected chi connectivity index (χ0v) is 41.1. The van der Waals surface area contributed by atoms with Crippen molar-refractivity contribution in [2.45, 2.75) is 78.6 Å². The highest BCUT2D eigenvalue weighted by Crippen LogP contribution is 2.48. The molecule has 0 fully saturated rings. The molecule has 0 atom stereocenters. The Hall–Kier alpha value is -8.02. The molecule has 12 rings (SSSR count). The van der Waals surface area contributed by atoms with E-state index in [9.17, 15) is 11.0 Å². The molecule has 5 nitrogen and oxygen atoms in total. The first-order valence-electron chi connectivity index (χ1n) is 30.3. The Balaban J connectivity index is 1.20. The molecule has 0 radical (unpaired) electrons. The van der Waals surface area contributed by atoms with Crippen LogP contribution in [0, 0.1) is 6.33 Å². The van der Waals surface area contributed by atoms with Gasteiger partial charge < -0.3 is 4.74 Å². The number of fused-ring (bicyclic) bond motifs is 10. The van der Waals surface area contributed by atoms with Crippen LogP contribution in [0.25, 0.3) is 94.5 Å². The maximum atomic E-state index is 9.88. The van der Waals surface area contributed by atoms with Gasteiger partial charge in [0.05, 0.1) is 51.3 Å². The number of para-hydroxylation sites is 1. The number of imidazole rings is 1. The van der Waals surface area contributed by atoms with E-state index in [4.69, 9.17) is 16.6 Å². The summed E-state index contributed by atoms with van der Waals surface area (Å²) in [6.45, 7) is 18.3. The van der Waals surface area contributed by atoms with Gasteiger partial charge in [-0.15, -0.1) is 0 Å². The maximum Gasteiger partial charge on any atom is 0.269 e. The predicted molar refractivity (Wildman–Crippen MR) is 294 cm³/mol. The fraction of sp³-hybridized carbons (Fsp3) is 0.182. The second-order valence-electron chi connectivity index (χ2n) is 21.4. The van der Waals surface area contributed by atoms with Gasteiger partial charge in [0.2, 0.25) is 0 Å². The van der Waals surface area contributed by atoms with Crippen LogP contribution >= 0.6 is 0 Å². The molecular formula is C66H58N4O. The quantitative estimate of drug-likeness (QED) is 0.127. The van der Waals surface area contributed by atoms with E-state index in [-0.39, 0.29) is 55.6 Å². The van der Waals surface area contributed by atoms with Gasteiger partial charge in [0.1, 0.15) is 17.3 Å². The lowest BCUT2D eigenvalue weighted by Crippen LogP contribution is -2.32. The highest BCUT2D eigenvalue weighted by molar-refractivity contribution is 6.09. The minimum Gasteiger partial charge on any atom is -0.458 e. The first-order valence-corrected chi connectivity index (χ1v) is 23.8. The van der Waals surface area contributed by atoms with Crippen LogP contribution < -0.4 is 9.30 Å². The van der Waals surface area contributed by atoms with Crippen LogP contribution in [-0.2, 0) is 16.2 Å². The van der Waals surface area contributed by atoms with E-state index in [1.165, 1.54) is 0 Å². The van der Waals surface area contributed by atoms with Crippen LogP contribution in [0.4, 0.5) is 0 Å². The molecule has 5 heteroatoms. The number of ether oxygens (including phenoxy) is 1.